The molecule has 60 valence electrons. The molecule has 0 heterocycles. The van der Waals surface area contributed by atoms with Crippen molar-refractivity contribution in [3.05, 3.63) is 11.8 Å². The molecule has 10 heavy (non-hydrogen) atoms. The van der Waals surface area contributed by atoms with Crippen molar-refractivity contribution in [1.29, 1.82) is 0 Å². The molecular weight excluding hydrogens is 272 g/mol. The van der Waals surface area contributed by atoms with Crippen LogP contribution in [0.4, 0.5) is 0 Å². The Kier molecular flexibility index (Phi) is 6.06. The molecule has 0 saturated carbocycles. The van der Waals surface area contributed by atoms with Gasteiger partial charge in [-0.05, 0) is 12.5 Å². The molecule has 0 radical (unpaired) electrons. The van der Waals surface area contributed by atoms with Crippen LogP contribution in [-0.2, 0) is 0 Å². The Bertz CT molecular complexity index is 110. The first-order chi connectivity index (χ1) is 4.62. The largest absolute Gasteiger partial charge is 0.223 e. The fourth-order valence-corrected chi connectivity index (χ4v) is 5.62. The van der Waals surface area contributed by atoms with Crippen molar-refractivity contribution in [2.24, 2.45) is 0 Å². The van der Waals surface area contributed by atoms with Gasteiger partial charge in [-0.25, -0.2) is 0 Å². The van der Waals surface area contributed by atoms with E-state index >= 15 is 0 Å². The van der Waals surface area contributed by atoms with Crippen molar-refractivity contribution in [3.63, 3.8) is 0 Å². The summed E-state index contributed by atoms with van der Waals surface area (Å²) in [5.41, 5.74) is 2.30. The molecule has 0 unspecified atom stereocenters. The average Bonchev–Trinajstić information content (AvgIpc) is 1.84. The summed E-state index contributed by atoms with van der Waals surface area (Å²) in [4.78, 5) is 0. The first kappa shape index (κ1) is 10.9. The second-order valence-electron chi connectivity index (χ2n) is 2.32. The van der Waals surface area contributed by atoms with Crippen LogP contribution >= 0.6 is 30.6 Å². The average molecular weight is 286 g/mol. The van der Waals surface area contributed by atoms with Crippen LogP contribution < -0.4 is 0 Å². The molecular formula is C7H14Br2Si. The molecule has 0 aromatic rings. The van der Waals surface area contributed by atoms with Crippen LogP contribution in [-0.4, -0.2) is 5.31 Å². The molecule has 0 N–H and O–H groups in total. The maximum Gasteiger partial charge on any atom is 0.223 e. The van der Waals surface area contributed by atoms with Crippen LogP contribution in [0.15, 0.2) is 11.8 Å². The lowest BCUT2D eigenvalue weighted by Crippen LogP contribution is -2.12. The van der Waals surface area contributed by atoms with Crippen LogP contribution in [0.3, 0.4) is 0 Å². The first-order valence-corrected chi connectivity index (χ1v) is 10.5. The highest BCUT2D eigenvalue weighted by Gasteiger charge is 2.20. The SMILES string of the molecule is CCC=C[Si](Br)(Br)CCC. The van der Waals surface area contributed by atoms with E-state index in [0.717, 1.165) is 6.42 Å². The second-order valence-corrected chi connectivity index (χ2v) is 16.4. The third-order valence-corrected chi connectivity index (χ3v) is 7.04. The summed E-state index contributed by atoms with van der Waals surface area (Å²) in [6.07, 6.45) is 4.61. The number of hydrogen-bond acceptors (Lipinski definition) is 0. The highest BCUT2D eigenvalue weighted by Crippen LogP contribution is 2.28. The van der Waals surface area contributed by atoms with Gasteiger partial charge in [-0.15, -0.1) is 30.6 Å². The minimum Gasteiger partial charge on any atom is -0.106 e. The molecule has 0 aliphatic heterocycles. The Labute approximate surface area is 80.3 Å². The quantitative estimate of drug-likeness (QED) is 0.538. The van der Waals surface area contributed by atoms with Gasteiger partial charge in [-0.1, -0.05) is 32.0 Å². The van der Waals surface area contributed by atoms with Crippen molar-refractivity contribution in [2.75, 3.05) is 0 Å². The lowest BCUT2D eigenvalue weighted by atomic mass is 10.5. The maximum absolute atomic E-state index is 3.71. The highest BCUT2D eigenvalue weighted by molar-refractivity contribution is 9.51. The van der Waals surface area contributed by atoms with Gasteiger partial charge in [-0.2, -0.15) is 0 Å². The normalized spacial score (nSPS) is 12.8. The summed E-state index contributed by atoms with van der Waals surface area (Å²) in [5.74, 6) is 0. The van der Waals surface area contributed by atoms with Crippen LogP contribution in [0, 0.1) is 0 Å². The molecule has 0 aromatic heterocycles. The van der Waals surface area contributed by atoms with E-state index in [1.807, 2.05) is 0 Å². The van der Waals surface area contributed by atoms with E-state index in [-0.39, 0.29) is 0 Å². The number of allylic oxidation sites excluding steroid dienone is 1. The van der Waals surface area contributed by atoms with Gasteiger partial charge in [-0.3, -0.25) is 0 Å². The Hall–Kier alpha value is 0.917. The zero-order valence-corrected chi connectivity index (χ0v) is 10.7. The molecule has 0 rings (SSSR count). The van der Waals surface area contributed by atoms with Crippen molar-refractivity contribution in [3.8, 4) is 0 Å². The van der Waals surface area contributed by atoms with Crippen LogP contribution in [0.2, 0.25) is 6.04 Å². The number of hydrogen-bond donors (Lipinski definition) is 0. The van der Waals surface area contributed by atoms with Crippen molar-refractivity contribution in [2.45, 2.75) is 32.7 Å². The maximum atomic E-state index is 3.71. The molecule has 0 fully saturated rings. The summed E-state index contributed by atoms with van der Waals surface area (Å²) in [6, 6.07) is 1.27. The van der Waals surface area contributed by atoms with E-state index < -0.39 is 5.31 Å². The predicted molar refractivity (Wildman–Crippen MR) is 58.1 cm³/mol. The minimum atomic E-state index is -1.28. The van der Waals surface area contributed by atoms with E-state index in [0.29, 0.717) is 0 Å². The van der Waals surface area contributed by atoms with E-state index in [4.69, 9.17) is 0 Å². The van der Waals surface area contributed by atoms with E-state index in [1.54, 1.807) is 0 Å². The standard InChI is InChI=1S/C7H14Br2Si/c1-3-5-7-10(8,9)6-4-2/h5,7H,3-4,6H2,1-2H3. The molecule has 0 spiro atoms. The Morgan fingerprint density at radius 3 is 2.30 bits per heavy atom. The third-order valence-electron chi connectivity index (χ3n) is 1.18. The number of rotatable bonds is 4. The molecule has 0 aliphatic carbocycles. The van der Waals surface area contributed by atoms with Crippen LogP contribution in [0.25, 0.3) is 0 Å². The van der Waals surface area contributed by atoms with Crippen LogP contribution in [0.5, 0.6) is 0 Å². The highest BCUT2D eigenvalue weighted by atomic mass is 79.9. The summed E-state index contributed by atoms with van der Waals surface area (Å²) < 4.78 is 0. The van der Waals surface area contributed by atoms with Gasteiger partial charge >= 0.3 is 0 Å². The predicted octanol–water partition coefficient (Wildman–Crippen LogP) is 4.13. The van der Waals surface area contributed by atoms with Gasteiger partial charge in [0.05, 0.1) is 0 Å². The summed E-state index contributed by atoms with van der Waals surface area (Å²) in [7, 11) is 0. The Balaban J connectivity index is 3.73. The molecule has 0 aliphatic rings. The molecule has 0 aromatic carbocycles. The molecule has 3 heteroatoms. The van der Waals surface area contributed by atoms with E-state index in [9.17, 15) is 0 Å². The molecule has 0 saturated heterocycles. The van der Waals surface area contributed by atoms with Gasteiger partial charge in [0, 0.05) is 0 Å². The van der Waals surface area contributed by atoms with Gasteiger partial charge in [0.15, 0.2) is 0 Å². The monoisotopic (exact) mass is 284 g/mol. The third kappa shape index (κ3) is 5.68. The summed E-state index contributed by atoms with van der Waals surface area (Å²) >= 11 is 7.42. The second kappa shape index (κ2) is 5.55. The first-order valence-electron chi connectivity index (χ1n) is 3.68. The van der Waals surface area contributed by atoms with E-state index in [2.05, 4.69) is 56.2 Å². The zero-order valence-electron chi connectivity index (χ0n) is 6.53. The van der Waals surface area contributed by atoms with Crippen molar-refractivity contribution in [1.82, 2.24) is 0 Å². The Morgan fingerprint density at radius 2 is 1.90 bits per heavy atom. The molecule has 0 nitrogen and oxygen atoms in total. The van der Waals surface area contributed by atoms with Gasteiger partial charge in [0.2, 0.25) is 5.31 Å². The topological polar surface area (TPSA) is 0 Å². The van der Waals surface area contributed by atoms with E-state index in [1.165, 1.54) is 12.5 Å². The number of halogens is 2. The molecule has 0 amide bonds. The lowest BCUT2D eigenvalue weighted by molar-refractivity contribution is 1.07. The fraction of sp³-hybridized carbons (Fsp3) is 0.714. The minimum absolute atomic E-state index is 1.13. The van der Waals surface area contributed by atoms with Gasteiger partial charge in [0.1, 0.15) is 0 Å². The van der Waals surface area contributed by atoms with Crippen molar-refractivity contribution >= 4 is 35.9 Å². The summed E-state index contributed by atoms with van der Waals surface area (Å²) in [5, 5.41) is -1.28. The Morgan fingerprint density at radius 1 is 1.30 bits per heavy atom. The van der Waals surface area contributed by atoms with Gasteiger partial charge in [0.25, 0.3) is 0 Å². The zero-order chi connectivity index (χ0) is 8.04. The molecule has 0 bridgehead atoms. The van der Waals surface area contributed by atoms with Crippen molar-refractivity contribution < 1.29 is 0 Å². The fourth-order valence-electron chi connectivity index (χ4n) is 0.707. The lowest BCUT2D eigenvalue weighted by Gasteiger charge is -2.09. The van der Waals surface area contributed by atoms with Gasteiger partial charge < -0.3 is 0 Å². The smallest absolute Gasteiger partial charge is 0.106 e. The molecule has 0 atom stereocenters. The van der Waals surface area contributed by atoms with Crippen LogP contribution in [0.1, 0.15) is 26.7 Å². The summed E-state index contributed by atoms with van der Waals surface area (Å²) in [6.45, 7) is 4.37.